The first-order valence-corrected chi connectivity index (χ1v) is 13.0. The van der Waals surface area contributed by atoms with Crippen molar-refractivity contribution in [1.82, 2.24) is 19.9 Å². The average molecular weight is 475 g/mol. The second kappa shape index (κ2) is 7.82. The van der Waals surface area contributed by atoms with E-state index >= 15 is 0 Å². The van der Waals surface area contributed by atoms with E-state index in [9.17, 15) is 0 Å². The maximum Gasteiger partial charge on any atom is 0.137 e. The Morgan fingerprint density at radius 3 is 2.36 bits per heavy atom. The van der Waals surface area contributed by atoms with Crippen LogP contribution in [0, 0.1) is 0 Å². The van der Waals surface area contributed by atoms with Gasteiger partial charge in [0.2, 0.25) is 0 Å². The van der Waals surface area contributed by atoms with Gasteiger partial charge >= 0.3 is 0 Å². The highest BCUT2D eigenvalue weighted by molar-refractivity contribution is 5.97. The molecule has 5 aromatic rings. The number of aryl methyl sites for hydroxylation is 2. The van der Waals surface area contributed by atoms with Gasteiger partial charge in [0.25, 0.3) is 0 Å². The summed E-state index contributed by atoms with van der Waals surface area (Å²) in [5, 5.41) is 2.32. The van der Waals surface area contributed by atoms with Crippen LogP contribution in [0.15, 0.2) is 48.5 Å². The number of hydrogen-bond acceptors (Lipinski definition) is 3. The molecule has 0 fully saturated rings. The third-order valence-corrected chi connectivity index (χ3v) is 7.61. The molecule has 5 heteroatoms. The Morgan fingerprint density at radius 2 is 1.53 bits per heavy atom. The Labute approximate surface area is 211 Å². The molecule has 0 bridgehead atoms. The molecule has 0 radical (unpaired) electrons. The van der Waals surface area contributed by atoms with E-state index in [-0.39, 0.29) is 0 Å². The maximum absolute atomic E-state index is 6.25. The van der Waals surface area contributed by atoms with Crippen LogP contribution in [-0.4, -0.2) is 19.9 Å². The number of rotatable bonds is 3. The van der Waals surface area contributed by atoms with Crippen LogP contribution in [0.3, 0.4) is 0 Å². The molecule has 0 saturated carbocycles. The lowest BCUT2D eigenvalue weighted by Gasteiger charge is -2.19. The van der Waals surface area contributed by atoms with Gasteiger partial charge in [-0.15, -0.1) is 0 Å². The summed E-state index contributed by atoms with van der Waals surface area (Å²) in [5.41, 5.74) is 10.7. The minimum Gasteiger partial charge on any atom is -0.486 e. The van der Waals surface area contributed by atoms with Crippen LogP contribution in [0.2, 0.25) is 0 Å². The third-order valence-electron chi connectivity index (χ3n) is 7.61. The van der Waals surface area contributed by atoms with E-state index < -0.39 is 0 Å². The van der Waals surface area contributed by atoms with Gasteiger partial charge in [-0.25, -0.2) is 9.97 Å². The molecule has 3 heterocycles. The van der Waals surface area contributed by atoms with Crippen LogP contribution < -0.4 is 4.74 Å². The topological polar surface area (TPSA) is 66.6 Å². The first kappa shape index (κ1) is 21.4. The number of nitrogens with zero attached hydrogens (tertiary/aromatic N) is 2. The summed E-state index contributed by atoms with van der Waals surface area (Å²) < 4.78 is 6.25. The molecule has 5 nitrogen and oxygen atoms in total. The fourth-order valence-electron chi connectivity index (χ4n) is 5.58. The summed E-state index contributed by atoms with van der Waals surface area (Å²) in [4.78, 5) is 16.8. The smallest absolute Gasteiger partial charge is 0.137 e. The minimum atomic E-state index is 0.357. The van der Waals surface area contributed by atoms with E-state index in [0.717, 1.165) is 52.6 Å². The lowest BCUT2D eigenvalue weighted by molar-refractivity contribution is 0.301. The maximum atomic E-state index is 6.25. The SMILES string of the molecule is CC(C)c1nc2c([nH]1)COc1c-2ccc2cc(-c3ccc4c(c3)CCc3nc(C(C)C)[nH]c3-4)ccc12. The standard InChI is InChI=1S/C31H30N4O/c1-16(2)30-32-25-12-8-20-13-18(5-9-22(20)27(25)34-30)19-6-10-23-21(14-19)7-11-24-28-26(15-36-29(23)24)33-31(35-28)17(3)4/h5-7,9-11,13-14,16-17H,8,12,15H2,1-4H3,(H,32,34)(H,33,35). The Balaban J connectivity index is 1.27. The summed E-state index contributed by atoms with van der Waals surface area (Å²) in [5.74, 6) is 3.80. The van der Waals surface area contributed by atoms with Crippen molar-refractivity contribution in [3.8, 4) is 39.4 Å². The van der Waals surface area contributed by atoms with Crippen molar-refractivity contribution in [2.75, 3.05) is 0 Å². The highest BCUT2D eigenvalue weighted by atomic mass is 16.5. The van der Waals surface area contributed by atoms with Crippen LogP contribution >= 0.6 is 0 Å². The van der Waals surface area contributed by atoms with Crippen molar-refractivity contribution in [2.24, 2.45) is 0 Å². The first-order valence-electron chi connectivity index (χ1n) is 13.0. The van der Waals surface area contributed by atoms with Crippen LogP contribution in [0.1, 0.15) is 68.1 Å². The fraction of sp³-hybridized carbons (Fsp3) is 0.290. The Morgan fingerprint density at radius 1 is 0.778 bits per heavy atom. The summed E-state index contributed by atoms with van der Waals surface area (Å²) in [6.45, 7) is 9.22. The fourth-order valence-corrected chi connectivity index (χ4v) is 5.58. The van der Waals surface area contributed by atoms with Crippen molar-refractivity contribution < 1.29 is 4.74 Å². The molecule has 3 aromatic carbocycles. The number of nitrogens with one attached hydrogen (secondary N) is 2. The van der Waals surface area contributed by atoms with Crippen molar-refractivity contribution in [3.05, 3.63) is 77.1 Å². The molecule has 0 atom stereocenters. The van der Waals surface area contributed by atoms with Crippen molar-refractivity contribution in [3.63, 3.8) is 0 Å². The van der Waals surface area contributed by atoms with Crippen molar-refractivity contribution in [2.45, 2.75) is 59.0 Å². The molecule has 2 N–H and O–H groups in total. The lowest BCUT2D eigenvalue weighted by atomic mass is 9.89. The predicted molar refractivity (Wildman–Crippen MR) is 144 cm³/mol. The van der Waals surface area contributed by atoms with E-state index in [1.54, 1.807) is 0 Å². The summed E-state index contributed by atoms with van der Waals surface area (Å²) >= 11 is 0. The van der Waals surface area contributed by atoms with E-state index in [4.69, 9.17) is 14.7 Å². The van der Waals surface area contributed by atoms with Crippen LogP contribution in [-0.2, 0) is 19.4 Å². The highest BCUT2D eigenvalue weighted by Gasteiger charge is 2.25. The van der Waals surface area contributed by atoms with Gasteiger partial charge in [-0.2, -0.15) is 0 Å². The van der Waals surface area contributed by atoms with Gasteiger partial charge in [-0.1, -0.05) is 64.1 Å². The lowest BCUT2D eigenvalue weighted by Crippen LogP contribution is -2.05. The largest absolute Gasteiger partial charge is 0.486 e. The Hall–Kier alpha value is -3.86. The number of fused-ring (bicyclic) bond motifs is 8. The minimum absolute atomic E-state index is 0.357. The van der Waals surface area contributed by atoms with Gasteiger partial charge in [0.05, 0.1) is 22.8 Å². The zero-order valence-corrected chi connectivity index (χ0v) is 21.2. The van der Waals surface area contributed by atoms with Gasteiger partial charge in [0, 0.05) is 28.3 Å². The number of aromatic nitrogens is 4. The van der Waals surface area contributed by atoms with E-state index in [2.05, 4.69) is 86.2 Å². The van der Waals surface area contributed by atoms with Crippen LogP contribution in [0.4, 0.5) is 0 Å². The number of H-pyrrole nitrogens is 2. The van der Waals surface area contributed by atoms with Gasteiger partial charge in [0.1, 0.15) is 24.0 Å². The zero-order valence-electron chi connectivity index (χ0n) is 21.2. The van der Waals surface area contributed by atoms with Gasteiger partial charge in [-0.05, 0) is 47.1 Å². The van der Waals surface area contributed by atoms with E-state index in [1.807, 2.05) is 0 Å². The molecule has 2 aliphatic rings. The molecule has 0 unspecified atom stereocenters. The molecule has 1 aliphatic heterocycles. The highest BCUT2D eigenvalue weighted by Crippen LogP contribution is 2.43. The van der Waals surface area contributed by atoms with Crippen LogP contribution in [0.5, 0.6) is 5.75 Å². The zero-order chi connectivity index (χ0) is 24.6. The number of benzene rings is 3. The van der Waals surface area contributed by atoms with Gasteiger partial charge in [0.15, 0.2) is 0 Å². The summed E-state index contributed by atoms with van der Waals surface area (Å²) in [7, 11) is 0. The monoisotopic (exact) mass is 474 g/mol. The number of ether oxygens (including phenoxy) is 1. The summed E-state index contributed by atoms with van der Waals surface area (Å²) in [6.07, 6.45) is 2.02. The summed E-state index contributed by atoms with van der Waals surface area (Å²) in [6, 6.07) is 17.9. The van der Waals surface area contributed by atoms with Crippen LogP contribution in [0.25, 0.3) is 44.4 Å². The van der Waals surface area contributed by atoms with Gasteiger partial charge in [-0.3, -0.25) is 0 Å². The second-order valence-electron chi connectivity index (χ2n) is 10.7. The predicted octanol–water partition coefficient (Wildman–Crippen LogP) is 7.52. The molecule has 0 saturated heterocycles. The van der Waals surface area contributed by atoms with E-state index in [0.29, 0.717) is 18.4 Å². The van der Waals surface area contributed by atoms with Gasteiger partial charge < -0.3 is 14.7 Å². The molecule has 1 aliphatic carbocycles. The van der Waals surface area contributed by atoms with Crippen molar-refractivity contribution in [1.29, 1.82) is 0 Å². The van der Waals surface area contributed by atoms with Crippen molar-refractivity contribution >= 4 is 10.8 Å². The molecular formula is C31H30N4O. The number of hydrogen-bond donors (Lipinski definition) is 2. The molecular weight excluding hydrogens is 444 g/mol. The first-order chi connectivity index (χ1) is 17.5. The normalized spacial score (nSPS) is 13.9. The molecule has 180 valence electrons. The molecule has 0 spiro atoms. The Bertz CT molecular complexity index is 1650. The molecule has 36 heavy (non-hydrogen) atoms. The molecule has 2 aromatic heterocycles. The molecule has 0 amide bonds. The average Bonchev–Trinajstić information content (AvgIpc) is 3.53. The Kier molecular flexibility index (Phi) is 4.65. The van der Waals surface area contributed by atoms with E-state index in [1.165, 1.54) is 39.0 Å². The third kappa shape index (κ3) is 3.22. The number of imidazole rings is 2. The quantitative estimate of drug-likeness (QED) is 0.284. The molecule has 7 rings (SSSR count). The number of aromatic amines is 2. The second-order valence-corrected chi connectivity index (χ2v) is 10.7.